The van der Waals surface area contributed by atoms with E-state index in [1.54, 1.807) is 7.11 Å². The number of anilines is 1. The Bertz CT molecular complexity index is 560. The van der Waals surface area contributed by atoms with Gasteiger partial charge >= 0.3 is 0 Å². The van der Waals surface area contributed by atoms with Gasteiger partial charge in [0.2, 0.25) is 5.95 Å². The van der Waals surface area contributed by atoms with Crippen LogP contribution in [0.2, 0.25) is 0 Å². The number of imidazole rings is 1. The number of benzene rings is 1. The average Bonchev–Trinajstić information content (AvgIpc) is 2.74. The molecule has 0 amide bonds. The molecule has 3 rings (SSSR count). The number of fused-ring (bicyclic) bond motifs is 1. The molecule has 1 aromatic carbocycles. The lowest BCUT2D eigenvalue weighted by atomic mass is 10.3. The second-order valence-corrected chi connectivity index (χ2v) is 4.20. The third-order valence-electron chi connectivity index (χ3n) is 3.13. The topological polar surface area (TPSA) is 65.5 Å². The maximum atomic E-state index is 6.00. The van der Waals surface area contributed by atoms with Gasteiger partial charge in [-0.1, -0.05) is 0 Å². The van der Waals surface area contributed by atoms with Crippen LogP contribution in [0.15, 0.2) is 18.2 Å². The highest BCUT2D eigenvalue weighted by atomic mass is 16.5. The molecule has 0 radical (unpaired) electrons. The molecule has 0 saturated carbocycles. The second kappa shape index (κ2) is 4.38. The fraction of sp³-hybridized carbons (Fsp3) is 0.417. The molecule has 1 aliphatic rings. The summed E-state index contributed by atoms with van der Waals surface area (Å²) in [5, 5.41) is 2.15. The van der Waals surface area contributed by atoms with Crippen LogP contribution in [-0.4, -0.2) is 43.1 Å². The number of rotatable bonds is 2. The molecule has 96 valence electrons. The van der Waals surface area contributed by atoms with Crippen LogP contribution in [0.3, 0.4) is 0 Å². The van der Waals surface area contributed by atoms with E-state index >= 15 is 0 Å². The molecule has 6 nitrogen and oxygen atoms in total. The van der Waals surface area contributed by atoms with E-state index in [0.717, 1.165) is 29.9 Å². The van der Waals surface area contributed by atoms with Crippen molar-refractivity contribution in [2.75, 3.05) is 44.2 Å². The van der Waals surface area contributed by atoms with Crippen LogP contribution >= 0.6 is 0 Å². The van der Waals surface area contributed by atoms with Crippen molar-refractivity contribution >= 4 is 17.0 Å². The molecule has 1 aliphatic heterocycles. The molecule has 1 aromatic heterocycles. The summed E-state index contributed by atoms with van der Waals surface area (Å²) in [6.45, 7) is 3.05. The molecule has 0 unspecified atom stereocenters. The molecular weight excluding hydrogens is 232 g/mol. The van der Waals surface area contributed by atoms with Gasteiger partial charge in [0.1, 0.15) is 5.75 Å². The van der Waals surface area contributed by atoms with Gasteiger partial charge in [0.25, 0.3) is 0 Å². The van der Waals surface area contributed by atoms with E-state index in [1.165, 1.54) is 0 Å². The predicted octanol–water partition coefficient (Wildman–Crippen LogP) is 0.595. The van der Waals surface area contributed by atoms with Gasteiger partial charge in [-0.05, 0) is 12.1 Å². The van der Waals surface area contributed by atoms with Crippen molar-refractivity contribution in [3.8, 4) is 5.75 Å². The molecule has 0 spiro atoms. The zero-order valence-electron chi connectivity index (χ0n) is 10.3. The fourth-order valence-corrected chi connectivity index (χ4v) is 2.24. The van der Waals surface area contributed by atoms with Crippen LogP contribution in [0.25, 0.3) is 11.0 Å². The molecule has 0 atom stereocenters. The van der Waals surface area contributed by atoms with Crippen molar-refractivity contribution in [1.29, 1.82) is 0 Å². The van der Waals surface area contributed by atoms with Crippen LogP contribution in [0.1, 0.15) is 0 Å². The number of nitrogens with zero attached hydrogens (tertiary/aromatic N) is 3. The number of nitrogens with two attached hydrogens (primary N) is 1. The van der Waals surface area contributed by atoms with Crippen molar-refractivity contribution in [2.24, 2.45) is 0 Å². The molecule has 2 heterocycles. The number of morpholine rings is 1. The summed E-state index contributed by atoms with van der Waals surface area (Å²) in [6, 6.07) is 5.76. The van der Waals surface area contributed by atoms with Gasteiger partial charge in [-0.15, -0.1) is 0 Å². The van der Waals surface area contributed by atoms with E-state index in [9.17, 15) is 0 Å². The first-order valence-electron chi connectivity index (χ1n) is 5.94. The van der Waals surface area contributed by atoms with Gasteiger partial charge in [-0.3, -0.25) is 0 Å². The zero-order chi connectivity index (χ0) is 12.5. The number of ether oxygens (including phenoxy) is 2. The van der Waals surface area contributed by atoms with Crippen molar-refractivity contribution in [2.45, 2.75) is 0 Å². The first-order chi connectivity index (χ1) is 8.79. The Morgan fingerprint density at radius 3 is 2.83 bits per heavy atom. The first-order valence-corrected chi connectivity index (χ1v) is 5.94. The van der Waals surface area contributed by atoms with E-state index in [1.807, 2.05) is 22.9 Å². The van der Waals surface area contributed by atoms with Crippen LogP contribution in [0.5, 0.6) is 5.75 Å². The van der Waals surface area contributed by atoms with Gasteiger partial charge in [0, 0.05) is 6.07 Å². The molecule has 18 heavy (non-hydrogen) atoms. The summed E-state index contributed by atoms with van der Waals surface area (Å²) in [5.41, 5.74) is 7.85. The summed E-state index contributed by atoms with van der Waals surface area (Å²) in [5.74, 6) is 1.30. The average molecular weight is 248 g/mol. The van der Waals surface area contributed by atoms with E-state index in [4.69, 9.17) is 15.2 Å². The number of hydrogen-bond acceptors (Lipinski definition) is 5. The summed E-state index contributed by atoms with van der Waals surface area (Å²) < 4.78 is 12.5. The Hall–Kier alpha value is -1.95. The number of methoxy groups -OCH3 is 1. The quantitative estimate of drug-likeness (QED) is 0.843. The summed E-state index contributed by atoms with van der Waals surface area (Å²) in [4.78, 5) is 4.37. The zero-order valence-corrected chi connectivity index (χ0v) is 10.3. The Morgan fingerprint density at radius 1 is 1.33 bits per heavy atom. The largest absolute Gasteiger partial charge is 0.497 e. The number of hydrogen-bond donors (Lipinski definition) is 1. The molecule has 2 N–H and O–H groups in total. The molecule has 2 aromatic rings. The van der Waals surface area contributed by atoms with E-state index in [0.29, 0.717) is 19.2 Å². The Labute approximate surface area is 105 Å². The van der Waals surface area contributed by atoms with Gasteiger partial charge in [0.05, 0.1) is 44.4 Å². The Kier molecular flexibility index (Phi) is 2.71. The highest BCUT2D eigenvalue weighted by Gasteiger charge is 2.17. The normalized spacial score (nSPS) is 16.2. The smallest absolute Gasteiger partial charge is 0.220 e. The monoisotopic (exact) mass is 248 g/mol. The van der Waals surface area contributed by atoms with Crippen LogP contribution < -0.4 is 15.5 Å². The molecule has 1 fully saturated rings. The van der Waals surface area contributed by atoms with Crippen molar-refractivity contribution in [3.63, 3.8) is 0 Å². The number of aromatic nitrogens is 2. The van der Waals surface area contributed by atoms with Gasteiger partial charge in [-0.25, -0.2) is 9.66 Å². The highest BCUT2D eigenvalue weighted by Crippen LogP contribution is 2.23. The SMILES string of the molecule is COc1ccc2nc(N)n(N3CCOCC3)c2c1. The lowest BCUT2D eigenvalue weighted by Crippen LogP contribution is -2.44. The lowest BCUT2D eigenvalue weighted by Gasteiger charge is -2.30. The van der Waals surface area contributed by atoms with Gasteiger partial charge < -0.3 is 20.2 Å². The van der Waals surface area contributed by atoms with E-state index in [2.05, 4.69) is 9.99 Å². The lowest BCUT2D eigenvalue weighted by molar-refractivity contribution is 0.112. The van der Waals surface area contributed by atoms with Crippen molar-refractivity contribution in [1.82, 2.24) is 9.66 Å². The molecule has 0 bridgehead atoms. The van der Waals surface area contributed by atoms with Crippen LogP contribution in [0.4, 0.5) is 5.95 Å². The Morgan fingerprint density at radius 2 is 2.11 bits per heavy atom. The minimum atomic E-state index is 0.500. The molecule has 6 heteroatoms. The first kappa shape index (κ1) is 11.2. The highest BCUT2D eigenvalue weighted by molar-refractivity contribution is 5.80. The van der Waals surface area contributed by atoms with E-state index < -0.39 is 0 Å². The summed E-state index contributed by atoms with van der Waals surface area (Å²) in [7, 11) is 1.65. The third kappa shape index (κ3) is 1.74. The number of nitrogen functional groups attached to an aromatic ring is 1. The minimum Gasteiger partial charge on any atom is -0.497 e. The fourth-order valence-electron chi connectivity index (χ4n) is 2.24. The summed E-state index contributed by atoms with van der Waals surface area (Å²) >= 11 is 0. The van der Waals surface area contributed by atoms with Gasteiger partial charge in [-0.2, -0.15) is 0 Å². The van der Waals surface area contributed by atoms with Gasteiger partial charge in [0.15, 0.2) is 0 Å². The summed E-state index contributed by atoms with van der Waals surface area (Å²) in [6.07, 6.45) is 0. The van der Waals surface area contributed by atoms with Crippen LogP contribution in [0, 0.1) is 0 Å². The maximum absolute atomic E-state index is 6.00. The minimum absolute atomic E-state index is 0.500. The van der Waals surface area contributed by atoms with Crippen molar-refractivity contribution < 1.29 is 9.47 Å². The predicted molar refractivity (Wildman–Crippen MR) is 69.5 cm³/mol. The third-order valence-corrected chi connectivity index (χ3v) is 3.13. The molecule has 1 saturated heterocycles. The maximum Gasteiger partial charge on any atom is 0.220 e. The second-order valence-electron chi connectivity index (χ2n) is 4.20. The van der Waals surface area contributed by atoms with E-state index in [-0.39, 0.29) is 0 Å². The molecular formula is C12H16N4O2. The van der Waals surface area contributed by atoms with Crippen molar-refractivity contribution in [3.05, 3.63) is 18.2 Å². The molecule has 0 aliphatic carbocycles. The van der Waals surface area contributed by atoms with Crippen LogP contribution in [-0.2, 0) is 4.74 Å². The standard InChI is InChI=1S/C12H16N4O2/c1-17-9-2-3-10-11(8-9)16(12(13)14-10)15-4-6-18-7-5-15/h2-3,8H,4-7H2,1H3,(H2,13,14). The Balaban J connectivity index is 2.10.